The van der Waals surface area contributed by atoms with Gasteiger partial charge >= 0.3 is 0 Å². The van der Waals surface area contributed by atoms with Crippen LogP contribution in [0.25, 0.3) is 0 Å². The molecule has 0 aromatic carbocycles. The van der Waals surface area contributed by atoms with Crippen LogP contribution in [0.4, 0.5) is 0 Å². The van der Waals surface area contributed by atoms with Gasteiger partial charge in [-0.2, -0.15) is 5.26 Å². The highest BCUT2D eigenvalue weighted by molar-refractivity contribution is 5.14. The van der Waals surface area contributed by atoms with Crippen molar-refractivity contribution in [1.29, 1.82) is 5.26 Å². The molecule has 0 radical (unpaired) electrons. The minimum atomic E-state index is -0.726. The van der Waals surface area contributed by atoms with Crippen LogP contribution in [0, 0.1) is 28.1 Å². The van der Waals surface area contributed by atoms with Gasteiger partial charge in [-0.25, -0.2) is 0 Å². The third-order valence-corrected chi connectivity index (χ3v) is 5.54. The summed E-state index contributed by atoms with van der Waals surface area (Å²) in [7, 11) is 0. The van der Waals surface area contributed by atoms with Gasteiger partial charge in [0, 0.05) is 0 Å². The quantitative estimate of drug-likeness (QED) is 0.762. The van der Waals surface area contributed by atoms with Crippen molar-refractivity contribution >= 4 is 0 Å². The van der Waals surface area contributed by atoms with Gasteiger partial charge in [-0.1, -0.05) is 33.6 Å². The molecule has 0 bridgehead atoms. The second-order valence-electron chi connectivity index (χ2n) is 7.59. The Morgan fingerprint density at radius 3 is 2.22 bits per heavy atom. The largest absolute Gasteiger partial charge is 0.388 e. The summed E-state index contributed by atoms with van der Waals surface area (Å²) in [5, 5.41) is 20.8. The first-order valence-electron chi connectivity index (χ1n) is 7.46. The molecule has 2 heteroatoms. The van der Waals surface area contributed by atoms with Crippen LogP contribution < -0.4 is 0 Å². The molecule has 0 aromatic heterocycles. The highest BCUT2D eigenvalue weighted by Gasteiger charge is 2.54. The van der Waals surface area contributed by atoms with Crippen LogP contribution >= 0.6 is 0 Å². The van der Waals surface area contributed by atoms with Crippen LogP contribution in [0.5, 0.6) is 0 Å². The Hall–Kier alpha value is -0.550. The fraction of sp³-hybridized carbons (Fsp3) is 0.938. The number of rotatable bonds is 1. The van der Waals surface area contributed by atoms with Gasteiger partial charge in [0.05, 0.1) is 17.1 Å². The molecule has 2 rings (SSSR count). The average Bonchev–Trinajstić information content (AvgIpc) is 2.29. The van der Waals surface area contributed by atoms with E-state index in [1.807, 2.05) is 0 Å². The van der Waals surface area contributed by atoms with Crippen LogP contribution in [0.15, 0.2) is 0 Å². The van der Waals surface area contributed by atoms with Crippen molar-refractivity contribution in [1.82, 2.24) is 0 Å². The number of hydrogen-bond donors (Lipinski definition) is 1. The predicted octanol–water partition coefficient (Wildman–Crippen LogP) is 4.04. The summed E-state index contributed by atoms with van der Waals surface area (Å²) in [6, 6.07) is 2.54. The molecule has 0 amide bonds. The van der Waals surface area contributed by atoms with Crippen molar-refractivity contribution < 1.29 is 5.11 Å². The molecule has 102 valence electrons. The third-order valence-electron chi connectivity index (χ3n) is 5.54. The van der Waals surface area contributed by atoms with E-state index in [2.05, 4.69) is 26.8 Å². The van der Waals surface area contributed by atoms with Crippen molar-refractivity contribution in [3.05, 3.63) is 0 Å². The highest BCUT2D eigenvalue weighted by atomic mass is 16.3. The molecule has 0 aliphatic heterocycles. The summed E-state index contributed by atoms with van der Waals surface area (Å²) in [5.41, 5.74) is -0.857. The minimum Gasteiger partial charge on any atom is -0.388 e. The van der Waals surface area contributed by atoms with Crippen molar-refractivity contribution in [3.63, 3.8) is 0 Å². The number of nitrogens with zero attached hydrogens (tertiary/aromatic N) is 1. The van der Waals surface area contributed by atoms with Gasteiger partial charge in [-0.3, -0.25) is 0 Å². The van der Waals surface area contributed by atoms with Gasteiger partial charge in [-0.15, -0.1) is 0 Å². The molecule has 2 aliphatic carbocycles. The van der Waals surface area contributed by atoms with Crippen molar-refractivity contribution in [2.45, 2.75) is 77.7 Å². The zero-order valence-corrected chi connectivity index (χ0v) is 12.1. The van der Waals surface area contributed by atoms with E-state index >= 15 is 0 Å². The van der Waals surface area contributed by atoms with Crippen molar-refractivity contribution in [2.24, 2.45) is 16.7 Å². The fourth-order valence-corrected chi connectivity index (χ4v) is 3.99. The van der Waals surface area contributed by atoms with Gasteiger partial charge < -0.3 is 5.11 Å². The number of hydrogen-bond acceptors (Lipinski definition) is 2. The molecule has 2 unspecified atom stereocenters. The number of aliphatic hydroxyl groups is 1. The maximum absolute atomic E-state index is 11.1. The second-order valence-corrected chi connectivity index (χ2v) is 7.59. The normalized spacial score (nSPS) is 38.9. The van der Waals surface area contributed by atoms with Gasteiger partial charge in [0.2, 0.25) is 0 Å². The molecule has 18 heavy (non-hydrogen) atoms. The molecular weight excluding hydrogens is 222 g/mol. The average molecular weight is 249 g/mol. The summed E-state index contributed by atoms with van der Waals surface area (Å²) >= 11 is 0. The van der Waals surface area contributed by atoms with Crippen LogP contribution in [-0.4, -0.2) is 10.7 Å². The molecule has 0 spiro atoms. The Morgan fingerprint density at radius 1 is 1.11 bits per heavy atom. The van der Waals surface area contributed by atoms with E-state index < -0.39 is 11.0 Å². The smallest absolute Gasteiger partial charge is 0.0860 e. The maximum atomic E-state index is 11.1. The Balaban J connectivity index is 2.20. The van der Waals surface area contributed by atoms with E-state index in [1.54, 1.807) is 0 Å². The molecule has 1 N–H and O–H groups in total. The second kappa shape index (κ2) is 4.53. The minimum absolute atomic E-state index is 0.344. The van der Waals surface area contributed by atoms with Crippen molar-refractivity contribution in [3.8, 4) is 6.07 Å². The highest BCUT2D eigenvalue weighted by Crippen LogP contribution is 2.54. The fourth-order valence-electron chi connectivity index (χ4n) is 3.99. The van der Waals surface area contributed by atoms with Crippen LogP contribution in [0.3, 0.4) is 0 Å². The molecule has 0 saturated heterocycles. The third kappa shape index (κ3) is 2.30. The lowest BCUT2D eigenvalue weighted by atomic mass is 9.55. The Labute approximate surface area is 111 Å². The molecule has 2 aliphatic rings. The molecule has 2 fully saturated rings. The first-order chi connectivity index (χ1) is 8.33. The van der Waals surface area contributed by atoms with E-state index in [1.165, 1.54) is 6.42 Å². The monoisotopic (exact) mass is 249 g/mol. The van der Waals surface area contributed by atoms with E-state index in [0.29, 0.717) is 11.3 Å². The first kappa shape index (κ1) is 13.9. The van der Waals surface area contributed by atoms with E-state index in [9.17, 15) is 10.4 Å². The predicted molar refractivity (Wildman–Crippen MR) is 72.9 cm³/mol. The summed E-state index contributed by atoms with van der Waals surface area (Å²) in [6.45, 7) is 6.77. The summed E-state index contributed by atoms with van der Waals surface area (Å²) in [6.07, 6.45) is 7.81. The summed E-state index contributed by atoms with van der Waals surface area (Å²) in [4.78, 5) is 0. The first-order valence-corrected chi connectivity index (χ1v) is 7.46. The van der Waals surface area contributed by atoms with Crippen LogP contribution in [0.1, 0.15) is 72.1 Å². The topological polar surface area (TPSA) is 44.0 Å². The Bertz CT molecular complexity index is 345. The Morgan fingerprint density at radius 2 is 1.72 bits per heavy atom. The van der Waals surface area contributed by atoms with Crippen LogP contribution in [0.2, 0.25) is 0 Å². The van der Waals surface area contributed by atoms with Gasteiger partial charge in [-0.05, 0) is 49.9 Å². The molecular formula is C16H27NO. The lowest BCUT2D eigenvalue weighted by molar-refractivity contribution is -0.117. The van der Waals surface area contributed by atoms with Gasteiger partial charge in [0.25, 0.3) is 0 Å². The lowest BCUT2D eigenvalue weighted by Crippen LogP contribution is -2.52. The maximum Gasteiger partial charge on any atom is 0.0860 e. The molecule has 0 heterocycles. The molecule has 0 aromatic rings. The van der Waals surface area contributed by atoms with Gasteiger partial charge in [0.1, 0.15) is 0 Å². The van der Waals surface area contributed by atoms with Gasteiger partial charge in [0.15, 0.2) is 0 Å². The van der Waals surface area contributed by atoms with E-state index in [4.69, 9.17) is 0 Å². The van der Waals surface area contributed by atoms with Crippen molar-refractivity contribution in [2.75, 3.05) is 0 Å². The van der Waals surface area contributed by atoms with Crippen LogP contribution in [-0.2, 0) is 0 Å². The molecule has 2 nitrogen and oxygen atoms in total. The lowest BCUT2D eigenvalue weighted by Gasteiger charge is -2.51. The number of nitriles is 1. The van der Waals surface area contributed by atoms with E-state index in [0.717, 1.165) is 44.9 Å². The SMILES string of the molecule is CC1CCCC(O)(C2(C#N)CCC(C)(C)CC2)C1. The summed E-state index contributed by atoms with van der Waals surface area (Å²) < 4.78 is 0. The molecule has 2 atom stereocenters. The van der Waals surface area contributed by atoms with E-state index in [-0.39, 0.29) is 0 Å². The Kier molecular flexibility index (Phi) is 3.49. The summed E-state index contributed by atoms with van der Waals surface area (Å²) in [5.74, 6) is 0.559. The molecule has 2 saturated carbocycles. The zero-order valence-electron chi connectivity index (χ0n) is 12.1. The standard InChI is InChI=1S/C16H27NO/c1-13-5-4-6-16(18,11-13)15(12-17)9-7-14(2,3)8-10-15/h13,18H,4-11H2,1-3H3. The zero-order chi connectivity index (χ0) is 13.4.